The number of halogens is 1. The van der Waals surface area contributed by atoms with E-state index in [1.165, 1.54) is 25.1 Å². The highest BCUT2D eigenvalue weighted by Crippen LogP contribution is 2.32. The van der Waals surface area contributed by atoms with Gasteiger partial charge in [0.15, 0.2) is 0 Å². The molecule has 0 bridgehead atoms. The van der Waals surface area contributed by atoms with Crippen molar-refractivity contribution in [2.75, 3.05) is 0 Å². The molecule has 0 saturated heterocycles. The van der Waals surface area contributed by atoms with Crippen LogP contribution in [0.2, 0.25) is 0 Å². The smallest absolute Gasteiger partial charge is 0.141 e. The topological polar surface area (TPSA) is 38.9 Å². The first-order valence-corrected chi connectivity index (χ1v) is 4.62. The summed E-state index contributed by atoms with van der Waals surface area (Å²) in [5.74, 6) is 0.385. The second kappa shape index (κ2) is 3.42. The summed E-state index contributed by atoms with van der Waals surface area (Å²) in [7, 11) is 0. The lowest BCUT2D eigenvalue weighted by molar-refractivity contribution is 0.577. The highest BCUT2D eigenvalue weighted by Gasteiger charge is 2.28. The number of aromatic nitrogens is 1. The molecule has 1 aromatic heterocycles. The minimum atomic E-state index is -0.288. The van der Waals surface area contributed by atoms with Gasteiger partial charge in [-0.1, -0.05) is 0 Å². The molecule has 1 atom stereocenters. The van der Waals surface area contributed by atoms with Crippen molar-refractivity contribution in [3.63, 3.8) is 0 Å². The molecule has 0 spiro atoms. The second-order valence-corrected chi connectivity index (χ2v) is 3.67. The molecule has 2 N–H and O–H groups in total. The summed E-state index contributed by atoms with van der Waals surface area (Å²) < 4.78 is 12.5. The third-order valence-corrected chi connectivity index (χ3v) is 2.46. The molecule has 13 heavy (non-hydrogen) atoms. The highest BCUT2D eigenvalue weighted by atomic mass is 19.1. The Morgan fingerprint density at radius 2 is 2.31 bits per heavy atom. The van der Waals surface area contributed by atoms with Gasteiger partial charge in [-0.3, -0.25) is 4.98 Å². The van der Waals surface area contributed by atoms with Gasteiger partial charge in [0.2, 0.25) is 0 Å². The SMILES string of the molecule is NC(Cc1ccc(F)cn1)C1CC1. The Bertz CT molecular complexity index is 279. The fraction of sp³-hybridized carbons (Fsp3) is 0.500. The van der Waals surface area contributed by atoms with Crippen molar-refractivity contribution in [3.8, 4) is 0 Å². The van der Waals surface area contributed by atoms with Crippen molar-refractivity contribution in [1.82, 2.24) is 4.98 Å². The van der Waals surface area contributed by atoms with E-state index >= 15 is 0 Å². The van der Waals surface area contributed by atoms with Crippen LogP contribution >= 0.6 is 0 Å². The van der Waals surface area contributed by atoms with Crippen LogP contribution in [0.1, 0.15) is 18.5 Å². The Morgan fingerprint density at radius 3 is 2.85 bits per heavy atom. The first-order valence-electron chi connectivity index (χ1n) is 4.62. The van der Waals surface area contributed by atoms with E-state index in [2.05, 4.69) is 4.98 Å². The van der Waals surface area contributed by atoms with Crippen LogP contribution < -0.4 is 5.73 Å². The Morgan fingerprint density at radius 1 is 1.54 bits per heavy atom. The summed E-state index contributed by atoms with van der Waals surface area (Å²) in [5, 5.41) is 0. The summed E-state index contributed by atoms with van der Waals surface area (Å²) in [6, 6.07) is 3.34. The maximum absolute atomic E-state index is 12.5. The van der Waals surface area contributed by atoms with Gasteiger partial charge in [-0.15, -0.1) is 0 Å². The molecule has 1 aliphatic rings. The van der Waals surface area contributed by atoms with Gasteiger partial charge in [-0.2, -0.15) is 0 Å². The standard InChI is InChI=1S/C10H13FN2/c11-8-3-4-9(13-6-8)5-10(12)7-1-2-7/h3-4,6-7,10H,1-2,5,12H2. The van der Waals surface area contributed by atoms with Crippen LogP contribution in [-0.2, 0) is 6.42 Å². The van der Waals surface area contributed by atoms with Crippen LogP contribution in [-0.4, -0.2) is 11.0 Å². The zero-order valence-corrected chi connectivity index (χ0v) is 7.41. The average Bonchev–Trinajstić information content (AvgIpc) is 2.91. The van der Waals surface area contributed by atoms with E-state index in [9.17, 15) is 4.39 Å². The molecule has 3 heteroatoms. The number of nitrogens with two attached hydrogens (primary N) is 1. The van der Waals surface area contributed by atoms with E-state index in [1.807, 2.05) is 0 Å². The van der Waals surface area contributed by atoms with Crippen LogP contribution in [0.25, 0.3) is 0 Å². The van der Waals surface area contributed by atoms with Gasteiger partial charge in [-0.25, -0.2) is 4.39 Å². The average molecular weight is 180 g/mol. The lowest BCUT2D eigenvalue weighted by Crippen LogP contribution is -2.25. The number of hydrogen-bond acceptors (Lipinski definition) is 2. The molecule has 1 heterocycles. The predicted molar refractivity (Wildman–Crippen MR) is 48.6 cm³/mol. The van der Waals surface area contributed by atoms with Crippen LogP contribution in [0.5, 0.6) is 0 Å². The highest BCUT2D eigenvalue weighted by molar-refractivity contribution is 5.07. The van der Waals surface area contributed by atoms with Gasteiger partial charge in [0, 0.05) is 18.2 Å². The van der Waals surface area contributed by atoms with Gasteiger partial charge in [-0.05, 0) is 30.9 Å². The lowest BCUT2D eigenvalue weighted by Gasteiger charge is -2.08. The zero-order chi connectivity index (χ0) is 9.26. The van der Waals surface area contributed by atoms with Crippen molar-refractivity contribution >= 4 is 0 Å². The third kappa shape index (κ3) is 2.25. The number of nitrogens with zero attached hydrogens (tertiary/aromatic N) is 1. The van der Waals surface area contributed by atoms with Crippen LogP contribution in [0.4, 0.5) is 4.39 Å². The van der Waals surface area contributed by atoms with E-state index < -0.39 is 0 Å². The van der Waals surface area contributed by atoms with Gasteiger partial charge < -0.3 is 5.73 Å². The first-order chi connectivity index (χ1) is 6.25. The molecule has 2 nitrogen and oxygen atoms in total. The normalized spacial score (nSPS) is 18.6. The molecule has 1 saturated carbocycles. The van der Waals surface area contributed by atoms with Crippen molar-refractivity contribution in [3.05, 3.63) is 29.8 Å². The Labute approximate surface area is 77.0 Å². The van der Waals surface area contributed by atoms with Crippen LogP contribution in [0.3, 0.4) is 0 Å². The summed E-state index contributed by atoms with van der Waals surface area (Å²) in [5.41, 5.74) is 6.80. The molecule has 0 radical (unpaired) electrons. The molecule has 1 aromatic rings. The van der Waals surface area contributed by atoms with Crippen molar-refractivity contribution in [2.24, 2.45) is 11.7 Å². The molecular formula is C10H13FN2. The van der Waals surface area contributed by atoms with Crippen LogP contribution in [0, 0.1) is 11.7 Å². The fourth-order valence-electron chi connectivity index (χ4n) is 1.46. The van der Waals surface area contributed by atoms with E-state index in [4.69, 9.17) is 5.73 Å². The molecule has 0 amide bonds. The maximum Gasteiger partial charge on any atom is 0.141 e. The monoisotopic (exact) mass is 180 g/mol. The number of hydrogen-bond donors (Lipinski definition) is 1. The van der Waals surface area contributed by atoms with Crippen LogP contribution in [0.15, 0.2) is 18.3 Å². The van der Waals surface area contributed by atoms with Gasteiger partial charge in [0.05, 0.1) is 6.20 Å². The van der Waals surface area contributed by atoms with E-state index in [1.54, 1.807) is 6.07 Å². The Balaban J connectivity index is 1.96. The van der Waals surface area contributed by atoms with E-state index in [0.717, 1.165) is 12.1 Å². The van der Waals surface area contributed by atoms with E-state index in [0.29, 0.717) is 5.92 Å². The Kier molecular flexibility index (Phi) is 2.27. The molecule has 0 aliphatic heterocycles. The Hall–Kier alpha value is -0.960. The third-order valence-electron chi connectivity index (χ3n) is 2.46. The number of pyridine rings is 1. The second-order valence-electron chi connectivity index (χ2n) is 3.67. The molecule has 1 fully saturated rings. The largest absolute Gasteiger partial charge is 0.327 e. The molecule has 0 aromatic carbocycles. The molecule has 70 valence electrons. The summed E-state index contributed by atoms with van der Waals surface area (Å²) >= 11 is 0. The quantitative estimate of drug-likeness (QED) is 0.765. The lowest BCUT2D eigenvalue weighted by atomic mass is 10.1. The molecule has 2 rings (SSSR count). The number of rotatable bonds is 3. The molecular weight excluding hydrogens is 167 g/mol. The summed E-state index contributed by atoms with van der Waals surface area (Å²) in [6.45, 7) is 0. The molecule has 1 unspecified atom stereocenters. The predicted octanol–water partition coefficient (Wildman–Crippen LogP) is 1.50. The first kappa shape index (κ1) is 8.63. The zero-order valence-electron chi connectivity index (χ0n) is 7.41. The van der Waals surface area contributed by atoms with Crippen molar-refractivity contribution in [1.29, 1.82) is 0 Å². The van der Waals surface area contributed by atoms with Crippen molar-refractivity contribution < 1.29 is 4.39 Å². The van der Waals surface area contributed by atoms with Gasteiger partial charge >= 0.3 is 0 Å². The molecule has 1 aliphatic carbocycles. The van der Waals surface area contributed by atoms with Gasteiger partial charge in [0.25, 0.3) is 0 Å². The van der Waals surface area contributed by atoms with E-state index in [-0.39, 0.29) is 11.9 Å². The summed E-state index contributed by atoms with van der Waals surface area (Å²) in [4.78, 5) is 3.97. The van der Waals surface area contributed by atoms with Gasteiger partial charge in [0.1, 0.15) is 5.82 Å². The minimum Gasteiger partial charge on any atom is -0.327 e. The summed E-state index contributed by atoms with van der Waals surface area (Å²) in [6.07, 6.45) is 4.49. The van der Waals surface area contributed by atoms with Crippen molar-refractivity contribution in [2.45, 2.75) is 25.3 Å². The maximum atomic E-state index is 12.5. The minimum absolute atomic E-state index is 0.206. The fourth-order valence-corrected chi connectivity index (χ4v) is 1.46.